The molecular weight excluding hydrogens is 448 g/mol. The maximum atomic E-state index is 2.50. The minimum atomic E-state index is -0.0512. The molecule has 2 nitrogen and oxygen atoms in total. The Hall–Kier alpha value is -3.88. The largest absolute Gasteiger partial charge is 0.310 e. The van der Waals surface area contributed by atoms with Crippen LogP contribution in [0, 0.1) is 0 Å². The van der Waals surface area contributed by atoms with Gasteiger partial charge in [-0.05, 0) is 105 Å². The van der Waals surface area contributed by atoms with Gasteiger partial charge in [0.15, 0.2) is 0 Å². The Morgan fingerprint density at radius 2 is 1.05 bits per heavy atom. The monoisotopic (exact) mass is 482 g/mol. The fraction of sp³-hybridized carbons (Fsp3) is 0.200. The summed E-state index contributed by atoms with van der Waals surface area (Å²) in [5.74, 6) is 0. The van der Waals surface area contributed by atoms with E-state index in [2.05, 4.69) is 160 Å². The van der Waals surface area contributed by atoms with Gasteiger partial charge in [0, 0.05) is 28.0 Å². The van der Waals surface area contributed by atoms with Gasteiger partial charge in [-0.2, -0.15) is 0 Å². The van der Waals surface area contributed by atoms with Gasteiger partial charge in [0.25, 0.3) is 0 Å². The van der Waals surface area contributed by atoms with Crippen molar-refractivity contribution >= 4 is 27.8 Å². The van der Waals surface area contributed by atoms with Crippen LogP contribution in [0.4, 0.5) is 17.1 Å². The zero-order chi connectivity index (χ0) is 25.8. The van der Waals surface area contributed by atoms with Gasteiger partial charge in [0.1, 0.15) is 0 Å². The molecule has 0 spiro atoms. The summed E-state index contributed by atoms with van der Waals surface area (Å²) < 4.78 is 0. The minimum Gasteiger partial charge on any atom is -0.310 e. The Bertz CT molecular complexity index is 1540. The van der Waals surface area contributed by atoms with Crippen molar-refractivity contribution in [1.82, 2.24) is 4.90 Å². The lowest BCUT2D eigenvalue weighted by Gasteiger charge is -2.37. The molecule has 5 aromatic rings. The molecule has 0 unspecified atom stereocenters. The molecule has 37 heavy (non-hydrogen) atoms. The van der Waals surface area contributed by atoms with Crippen LogP contribution in [0.1, 0.15) is 38.8 Å². The van der Waals surface area contributed by atoms with Crippen LogP contribution in [0.15, 0.2) is 115 Å². The van der Waals surface area contributed by atoms with E-state index in [1.54, 1.807) is 0 Å². The predicted octanol–water partition coefficient (Wildman–Crippen LogP) is 9.39. The Labute approximate surface area is 220 Å². The second-order valence-corrected chi connectivity index (χ2v) is 11.2. The van der Waals surface area contributed by atoms with Gasteiger partial charge >= 0.3 is 0 Å². The zero-order valence-corrected chi connectivity index (χ0v) is 22.4. The Morgan fingerprint density at radius 1 is 0.541 bits per heavy atom. The van der Waals surface area contributed by atoms with Crippen molar-refractivity contribution in [1.29, 1.82) is 0 Å². The van der Waals surface area contributed by atoms with Gasteiger partial charge in [-0.3, -0.25) is 4.90 Å². The molecule has 0 amide bonds. The third-order valence-corrected chi connectivity index (χ3v) is 8.46. The number of hydrogen-bond donors (Lipinski definition) is 0. The van der Waals surface area contributed by atoms with E-state index in [4.69, 9.17) is 0 Å². The molecule has 6 rings (SSSR count). The van der Waals surface area contributed by atoms with Crippen molar-refractivity contribution in [3.63, 3.8) is 0 Å². The number of hydrogen-bond acceptors (Lipinski definition) is 2. The van der Waals surface area contributed by atoms with Crippen molar-refractivity contribution in [3.8, 4) is 11.1 Å². The van der Waals surface area contributed by atoms with Gasteiger partial charge < -0.3 is 4.90 Å². The molecule has 0 aliphatic carbocycles. The third-order valence-electron chi connectivity index (χ3n) is 8.46. The first-order chi connectivity index (χ1) is 17.8. The summed E-state index contributed by atoms with van der Waals surface area (Å²) >= 11 is 0. The lowest BCUT2D eigenvalue weighted by atomic mass is 9.87. The number of nitrogens with zero attached hydrogens (tertiary/aromatic N) is 2. The highest BCUT2D eigenvalue weighted by Gasteiger charge is 2.46. The smallest absolute Gasteiger partial charge is 0.0546 e. The van der Waals surface area contributed by atoms with Gasteiger partial charge in [0.05, 0.1) is 5.69 Å². The highest BCUT2D eigenvalue weighted by atomic mass is 15.2. The second-order valence-electron chi connectivity index (χ2n) is 11.2. The molecule has 1 aliphatic heterocycles. The lowest BCUT2D eigenvalue weighted by molar-refractivity contribution is 0.0730. The summed E-state index contributed by atoms with van der Waals surface area (Å²) in [6.07, 6.45) is 0. The second kappa shape index (κ2) is 8.61. The van der Waals surface area contributed by atoms with Crippen LogP contribution in [-0.4, -0.2) is 11.9 Å². The van der Waals surface area contributed by atoms with E-state index in [9.17, 15) is 0 Å². The first-order valence-corrected chi connectivity index (χ1v) is 13.1. The van der Waals surface area contributed by atoms with Crippen LogP contribution in [0.3, 0.4) is 0 Å². The van der Waals surface area contributed by atoms with E-state index >= 15 is 0 Å². The van der Waals surface area contributed by atoms with Crippen molar-refractivity contribution in [3.05, 3.63) is 126 Å². The van der Waals surface area contributed by atoms with E-state index in [1.165, 1.54) is 38.7 Å². The average molecular weight is 483 g/mol. The lowest BCUT2D eigenvalue weighted by Crippen LogP contribution is -2.42. The summed E-state index contributed by atoms with van der Waals surface area (Å²) in [6.45, 7) is 9.33. The van der Waals surface area contributed by atoms with Crippen LogP contribution >= 0.6 is 0 Å². The predicted molar refractivity (Wildman–Crippen MR) is 158 cm³/mol. The molecule has 0 saturated carbocycles. The first kappa shape index (κ1) is 23.5. The number of anilines is 3. The SMILES string of the molecule is CN1C(C)(C)c2ccc(-c3cc4ccccc4cc3N(c3ccccc3)c3ccccc3)cc2C1(C)C. The third kappa shape index (κ3) is 3.75. The Morgan fingerprint density at radius 3 is 1.65 bits per heavy atom. The number of rotatable bonds is 4. The van der Waals surface area contributed by atoms with Gasteiger partial charge in [-0.25, -0.2) is 0 Å². The number of para-hydroxylation sites is 2. The van der Waals surface area contributed by atoms with E-state index in [0.29, 0.717) is 0 Å². The molecule has 1 aliphatic rings. The van der Waals surface area contributed by atoms with Crippen LogP contribution < -0.4 is 4.90 Å². The fourth-order valence-corrected chi connectivity index (χ4v) is 6.04. The molecule has 0 atom stereocenters. The van der Waals surface area contributed by atoms with Gasteiger partial charge in [-0.15, -0.1) is 0 Å². The normalized spacial score (nSPS) is 16.0. The van der Waals surface area contributed by atoms with Crippen LogP contribution in [-0.2, 0) is 11.1 Å². The average Bonchev–Trinajstić information content (AvgIpc) is 3.06. The molecule has 0 fully saturated rings. The van der Waals surface area contributed by atoms with Crippen molar-refractivity contribution in [2.45, 2.75) is 38.8 Å². The summed E-state index contributed by atoms with van der Waals surface area (Å²) in [5, 5.41) is 2.49. The molecule has 0 bridgehead atoms. The van der Waals surface area contributed by atoms with Gasteiger partial charge in [0.2, 0.25) is 0 Å². The highest BCUT2D eigenvalue weighted by molar-refractivity contribution is 5.98. The van der Waals surface area contributed by atoms with Crippen molar-refractivity contribution < 1.29 is 0 Å². The summed E-state index contributed by atoms with van der Waals surface area (Å²) in [7, 11) is 2.24. The molecule has 5 aromatic carbocycles. The Kier molecular flexibility index (Phi) is 5.47. The summed E-state index contributed by atoms with van der Waals surface area (Å²) in [4.78, 5) is 4.88. The molecular formula is C35H34N2. The molecule has 0 N–H and O–H groups in total. The molecule has 184 valence electrons. The minimum absolute atomic E-state index is 0.0102. The van der Waals surface area contributed by atoms with Crippen molar-refractivity contribution in [2.24, 2.45) is 0 Å². The van der Waals surface area contributed by atoms with Crippen LogP contribution in [0.25, 0.3) is 21.9 Å². The Balaban J connectivity index is 1.64. The van der Waals surface area contributed by atoms with E-state index in [1.807, 2.05) is 0 Å². The molecule has 2 heteroatoms. The van der Waals surface area contributed by atoms with E-state index in [0.717, 1.165) is 11.4 Å². The van der Waals surface area contributed by atoms with Crippen LogP contribution in [0.2, 0.25) is 0 Å². The maximum Gasteiger partial charge on any atom is 0.0546 e. The number of fused-ring (bicyclic) bond motifs is 2. The molecule has 0 radical (unpaired) electrons. The van der Waals surface area contributed by atoms with Gasteiger partial charge in [-0.1, -0.05) is 72.8 Å². The molecule has 0 saturated heterocycles. The quantitative estimate of drug-likeness (QED) is 0.252. The standard InChI is InChI=1S/C35H34N2/c1-34(2)31-21-20-27(23-32(31)35(3,4)36(34)5)30-22-25-14-12-13-15-26(25)24-33(30)37(28-16-8-6-9-17-28)29-18-10-7-11-19-29/h6-24H,1-5H3. The van der Waals surface area contributed by atoms with E-state index in [-0.39, 0.29) is 11.1 Å². The highest BCUT2D eigenvalue weighted by Crippen LogP contribution is 2.50. The summed E-state index contributed by atoms with van der Waals surface area (Å²) in [6, 6.07) is 41.8. The van der Waals surface area contributed by atoms with Crippen molar-refractivity contribution in [2.75, 3.05) is 11.9 Å². The maximum absolute atomic E-state index is 2.50. The summed E-state index contributed by atoms with van der Waals surface area (Å²) in [5.41, 5.74) is 8.71. The first-order valence-electron chi connectivity index (χ1n) is 13.1. The number of benzene rings is 5. The fourth-order valence-electron chi connectivity index (χ4n) is 6.04. The zero-order valence-electron chi connectivity index (χ0n) is 22.4. The topological polar surface area (TPSA) is 6.48 Å². The molecule has 1 heterocycles. The molecule has 0 aromatic heterocycles. The van der Waals surface area contributed by atoms with Crippen LogP contribution in [0.5, 0.6) is 0 Å². The van der Waals surface area contributed by atoms with E-state index < -0.39 is 0 Å².